The highest BCUT2D eigenvalue weighted by atomic mass is 16.5. The molecule has 0 atom stereocenters. The van der Waals surface area contributed by atoms with Gasteiger partial charge in [0.05, 0.1) is 6.61 Å². The number of ether oxygens (including phenoxy) is 1. The van der Waals surface area contributed by atoms with Crippen LogP contribution in [0.1, 0.15) is 19.4 Å². The van der Waals surface area contributed by atoms with Crippen molar-refractivity contribution >= 4 is 0 Å². The zero-order chi connectivity index (χ0) is 16.9. The van der Waals surface area contributed by atoms with Gasteiger partial charge in [0.1, 0.15) is 5.75 Å². The molecule has 0 aliphatic heterocycles. The maximum atomic E-state index is 6.29. The molecule has 3 aromatic carbocycles. The molecule has 1 heteroatoms. The van der Waals surface area contributed by atoms with Crippen molar-refractivity contribution in [1.82, 2.24) is 0 Å². The van der Waals surface area contributed by atoms with Crippen molar-refractivity contribution in [1.29, 1.82) is 0 Å². The van der Waals surface area contributed by atoms with Crippen molar-refractivity contribution in [3.8, 4) is 28.0 Å². The van der Waals surface area contributed by atoms with E-state index in [0.29, 0.717) is 12.5 Å². The number of hydrogen-bond donors (Lipinski definition) is 0. The topological polar surface area (TPSA) is 9.23 Å². The van der Waals surface area contributed by atoms with Gasteiger partial charge in [-0.3, -0.25) is 0 Å². The quantitative estimate of drug-likeness (QED) is 0.532. The number of aryl methyl sites for hydroxylation is 1. The Kier molecular flexibility index (Phi) is 5.00. The first-order valence-electron chi connectivity index (χ1n) is 8.53. The average molecular weight is 316 g/mol. The molecule has 0 unspecified atom stereocenters. The van der Waals surface area contributed by atoms with Gasteiger partial charge in [0.15, 0.2) is 0 Å². The van der Waals surface area contributed by atoms with Crippen molar-refractivity contribution in [2.45, 2.75) is 20.8 Å². The van der Waals surface area contributed by atoms with Crippen LogP contribution in [-0.4, -0.2) is 6.61 Å². The van der Waals surface area contributed by atoms with Gasteiger partial charge in [0.25, 0.3) is 0 Å². The monoisotopic (exact) mass is 316 g/mol. The van der Waals surface area contributed by atoms with Crippen LogP contribution in [0.15, 0.2) is 72.8 Å². The van der Waals surface area contributed by atoms with Crippen LogP contribution in [0.25, 0.3) is 22.3 Å². The third-order valence-electron chi connectivity index (χ3n) is 3.96. The highest BCUT2D eigenvalue weighted by Gasteiger charge is 2.15. The van der Waals surface area contributed by atoms with Gasteiger partial charge < -0.3 is 4.74 Å². The first-order valence-corrected chi connectivity index (χ1v) is 8.53. The summed E-state index contributed by atoms with van der Waals surface area (Å²) in [5.74, 6) is 1.46. The molecule has 0 saturated heterocycles. The van der Waals surface area contributed by atoms with Crippen molar-refractivity contribution < 1.29 is 4.74 Å². The molecule has 122 valence electrons. The molecule has 0 aliphatic rings. The fourth-order valence-electron chi connectivity index (χ4n) is 2.84. The molecule has 0 radical (unpaired) electrons. The third-order valence-corrected chi connectivity index (χ3v) is 3.96. The highest BCUT2D eigenvalue weighted by Crippen LogP contribution is 2.40. The van der Waals surface area contributed by atoms with Gasteiger partial charge in [-0.05, 0) is 41.7 Å². The van der Waals surface area contributed by atoms with Crippen LogP contribution in [0, 0.1) is 12.8 Å². The lowest BCUT2D eigenvalue weighted by atomic mass is 9.95. The van der Waals surface area contributed by atoms with Gasteiger partial charge in [-0.25, -0.2) is 0 Å². The van der Waals surface area contributed by atoms with E-state index in [1.807, 2.05) is 12.1 Å². The van der Waals surface area contributed by atoms with Crippen LogP contribution in [-0.2, 0) is 0 Å². The van der Waals surface area contributed by atoms with Crippen LogP contribution in [0.2, 0.25) is 0 Å². The Morgan fingerprint density at radius 1 is 0.750 bits per heavy atom. The fourth-order valence-corrected chi connectivity index (χ4v) is 2.84. The number of hydrogen-bond acceptors (Lipinski definition) is 1. The summed E-state index contributed by atoms with van der Waals surface area (Å²) < 4.78 is 6.29. The first-order chi connectivity index (χ1) is 11.6. The lowest BCUT2D eigenvalue weighted by Gasteiger charge is -2.19. The Morgan fingerprint density at radius 2 is 1.21 bits per heavy atom. The Morgan fingerprint density at radius 3 is 1.62 bits per heavy atom. The largest absolute Gasteiger partial charge is 0.492 e. The first kappa shape index (κ1) is 16.3. The maximum absolute atomic E-state index is 6.29. The molecule has 3 aromatic rings. The van der Waals surface area contributed by atoms with Gasteiger partial charge in [-0.15, -0.1) is 0 Å². The minimum absolute atomic E-state index is 0.485. The standard InChI is InChI=1S/C23H24O/c1-17(2)16-24-23-21(19-10-6-4-7-11-19)14-18(3)15-22(23)20-12-8-5-9-13-20/h4-15,17H,16H2,1-3H3. The smallest absolute Gasteiger partial charge is 0.134 e. The molecule has 0 amide bonds. The molecular formula is C23H24O. The lowest BCUT2D eigenvalue weighted by Crippen LogP contribution is -2.06. The molecule has 0 fully saturated rings. The second-order valence-electron chi connectivity index (χ2n) is 6.63. The number of rotatable bonds is 5. The zero-order valence-electron chi connectivity index (χ0n) is 14.6. The molecule has 0 heterocycles. The molecule has 0 saturated carbocycles. The van der Waals surface area contributed by atoms with Crippen molar-refractivity contribution in [3.05, 3.63) is 78.4 Å². The minimum atomic E-state index is 0.485. The van der Waals surface area contributed by atoms with E-state index in [2.05, 4.69) is 81.4 Å². The van der Waals surface area contributed by atoms with Crippen molar-refractivity contribution in [3.63, 3.8) is 0 Å². The second kappa shape index (κ2) is 7.35. The highest BCUT2D eigenvalue weighted by molar-refractivity contribution is 5.83. The van der Waals surface area contributed by atoms with E-state index in [1.165, 1.54) is 16.7 Å². The molecule has 0 N–H and O–H groups in total. The van der Waals surface area contributed by atoms with Crippen LogP contribution >= 0.6 is 0 Å². The van der Waals surface area contributed by atoms with Gasteiger partial charge in [-0.1, -0.05) is 74.5 Å². The molecule has 0 bridgehead atoms. The summed E-state index contributed by atoms with van der Waals surface area (Å²) in [5.41, 5.74) is 5.95. The Hall–Kier alpha value is -2.54. The molecule has 0 spiro atoms. The van der Waals surface area contributed by atoms with Crippen molar-refractivity contribution in [2.24, 2.45) is 5.92 Å². The van der Waals surface area contributed by atoms with E-state index < -0.39 is 0 Å². The van der Waals surface area contributed by atoms with E-state index >= 15 is 0 Å². The van der Waals surface area contributed by atoms with Gasteiger partial charge in [0, 0.05) is 11.1 Å². The Labute approximate surface area is 144 Å². The SMILES string of the molecule is Cc1cc(-c2ccccc2)c(OCC(C)C)c(-c2ccccc2)c1. The van der Waals surface area contributed by atoms with Crippen LogP contribution in [0.3, 0.4) is 0 Å². The fraction of sp³-hybridized carbons (Fsp3) is 0.217. The van der Waals surface area contributed by atoms with Crippen LogP contribution in [0.4, 0.5) is 0 Å². The summed E-state index contributed by atoms with van der Waals surface area (Å²) in [6.45, 7) is 7.21. The predicted molar refractivity (Wildman–Crippen MR) is 102 cm³/mol. The zero-order valence-corrected chi connectivity index (χ0v) is 14.6. The van der Waals surface area contributed by atoms with E-state index in [-0.39, 0.29) is 0 Å². The number of benzene rings is 3. The summed E-state index contributed by atoms with van der Waals surface area (Å²) in [6, 6.07) is 25.4. The van der Waals surface area contributed by atoms with E-state index in [9.17, 15) is 0 Å². The predicted octanol–water partition coefficient (Wildman–Crippen LogP) is 6.36. The van der Waals surface area contributed by atoms with Crippen LogP contribution < -0.4 is 4.74 Å². The van der Waals surface area contributed by atoms with Gasteiger partial charge in [-0.2, -0.15) is 0 Å². The average Bonchev–Trinajstić information content (AvgIpc) is 2.61. The summed E-state index contributed by atoms with van der Waals surface area (Å²) >= 11 is 0. The molecule has 0 aliphatic carbocycles. The van der Waals surface area contributed by atoms with E-state index in [4.69, 9.17) is 4.74 Å². The lowest BCUT2D eigenvalue weighted by molar-refractivity contribution is 0.273. The molecule has 1 nitrogen and oxygen atoms in total. The summed E-state index contributed by atoms with van der Waals surface area (Å²) in [5, 5.41) is 0. The van der Waals surface area contributed by atoms with Crippen molar-refractivity contribution in [2.75, 3.05) is 6.61 Å². The summed E-state index contributed by atoms with van der Waals surface area (Å²) in [6.07, 6.45) is 0. The normalized spacial score (nSPS) is 10.8. The minimum Gasteiger partial charge on any atom is -0.492 e. The van der Waals surface area contributed by atoms with E-state index in [1.54, 1.807) is 0 Å². The van der Waals surface area contributed by atoms with Crippen LogP contribution in [0.5, 0.6) is 5.75 Å². The molecule has 24 heavy (non-hydrogen) atoms. The Balaban J connectivity index is 2.19. The van der Waals surface area contributed by atoms with Gasteiger partial charge in [0.2, 0.25) is 0 Å². The molecule has 0 aromatic heterocycles. The summed E-state index contributed by atoms with van der Waals surface area (Å²) in [7, 11) is 0. The van der Waals surface area contributed by atoms with Gasteiger partial charge >= 0.3 is 0 Å². The summed E-state index contributed by atoms with van der Waals surface area (Å²) in [4.78, 5) is 0. The molecular weight excluding hydrogens is 292 g/mol. The maximum Gasteiger partial charge on any atom is 0.134 e. The Bertz CT molecular complexity index is 728. The third kappa shape index (κ3) is 3.68. The second-order valence-corrected chi connectivity index (χ2v) is 6.63. The molecule has 3 rings (SSSR count). The van der Waals surface area contributed by atoms with E-state index in [0.717, 1.165) is 16.9 Å².